The van der Waals surface area contributed by atoms with Gasteiger partial charge in [0.25, 0.3) is 11.6 Å². The van der Waals surface area contributed by atoms with Crippen molar-refractivity contribution in [3.63, 3.8) is 0 Å². The Balaban J connectivity index is 1.77. The summed E-state index contributed by atoms with van der Waals surface area (Å²) in [6.07, 6.45) is -4.05. The zero-order valence-electron chi connectivity index (χ0n) is 13.9. The highest BCUT2D eigenvalue weighted by Gasteiger charge is 2.63. The van der Waals surface area contributed by atoms with E-state index in [1.807, 2.05) is 6.07 Å². The van der Waals surface area contributed by atoms with Crippen LogP contribution in [0.25, 0.3) is 0 Å². The third-order valence-corrected chi connectivity index (χ3v) is 4.52. The first-order valence-electron chi connectivity index (χ1n) is 8.07. The van der Waals surface area contributed by atoms with Gasteiger partial charge in [-0.25, -0.2) is 0 Å². The first-order chi connectivity index (χ1) is 11.6. The minimum absolute atomic E-state index is 0.0258. The highest BCUT2D eigenvalue weighted by Crippen LogP contribution is 2.40. The number of fused-ring (bicyclic) bond motifs is 1. The van der Waals surface area contributed by atoms with Crippen molar-refractivity contribution in [3.8, 4) is 5.75 Å². The van der Waals surface area contributed by atoms with Crippen LogP contribution < -0.4 is 4.74 Å². The monoisotopic (exact) mass is 356 g/mol. The van der Waals surface area contributed by atoms with E-state index in [0.717, 1.165) is 24.8 Å². The zero-order chi connectivity index (χ0) is 18.4. The first-order valence-corrected chi connectivity index (χ1v) is 8.07. The second-order valence-corrected chi connectivity index (χ2v) is 6.52. The molecule has 1 aliphatic carbocycles. The molecule has 0 unspecified atom stereocenters. The Kier molecular flexibility index (Phi) is 4.26. The molecule has 3 rings (SSSR count). The average Bonchev–Trinajstić information content (AvgIpc) is 3.09. The molecule has 1 heterocycles. The fraction of sp³-hybridized carbons (Fsp3) is 0.529. The number of rotatable bonds is 3. The van der Waals surface area contributed by atoms with Gasteiger partial charge in [-0.3, -0.25) is 4.79 Å². The predicted molar refractivity (Wildman–Crippen MR) is 84.1 cm³/mol. The van der Waals surface area contributed by atoms with Crippen molar-refractivity contribution in [2.24, 2.45) is 5.10 Å². The number of halogens is 3. The van der Waals surface area contributed by atoms with Gasteiger partial charge in [-0.2, -0.15) is 23.3 Å². The van der Waals surface area contributed by atoms with Gasteiger partial charge < -0.3 is 9.84 Å². The number of benzene rings is 1. The summed E-state index contributed by atoms with van der Waals surface area (Å²) in [7, 11) is 0. The highest BCUT2D eigenvalue weighted by molar-refractivity contribution is 5.90. The molecule has 0 spiro atoms. The molecule has 0 radical (unpaired) electrons. The van der Waals surface area contributed by atoms with E-state index in [2.05, 4.69) is 5.10 Å². The number of hydrogen-bond donors (Lipinski definition) is 1. The number of aryl methyl sites for hydroxylation is 2. The molecule has 25 heavy (non-hydrogen) atoms. The lowest BCUT2D eigenvalue weighted by molar-refractivity contribution is -0.303. The molecular weight excluding hydrogens is 337 g/mol. The number of ether oxygens (including phenoxy) is 1. The second-order valence-electron chi connectivity index (χ2n) is 6.52. The Labute approximate surface area is 143 Å². The highest BCUT2D eigenvalue weighted by atomic mass is 19.4. The lowest BCUT2D eigenvalue weighted by atomic mass is 10.1. The summed E-state index contributed by atoms with van der Waals surface area (Å²) in [6.45, 7) is 2.67. The molecule has 1 aromatic rings. The summed E-state index contributed by atoms with van der Waals surface area (Å²) < 4.78 is 45.1. The fourth-order valence-electron chi connectivity index (χ4n) is 3.22. The van der Waals surface area contributed by atoms with Crippen LogP contribution in [0, 0.1) is 0 Å². The SMILES string of the molecule is CC1=NN(C(=O)[C@H](C)Oc2ccc3c(c2)CCC3)[C@@](O)(C(F)(F)F)C1. The van der Waals surface area contributed by atoms with Crippen LogP contribution >= 0.6 is 0 Å². The topological polar surface area (TPSA) is 62.1 Å². The summed E-state index contributed by atoms with van der Waals surface area (Å²) in [5.41, 5.74) is -0.960. The van der Waals surface area contributed by atoms with Gasteiger partial charge in [-0.05, 0) is 56.4 Å². The largest absolute Gasteiger partial charge is 0.481 e. The molecule has 1 aromatic carbocycles. The summed E-state index contributed by atoms with van der Waals surface area (Å²) in [6, 6.07) is 5.40. The third kappa shape index (κ3) is 3.10. The maximum absolute atomic E-state index is 13.2. The minimum Gasteiger partial charge on any atom is -0.481 e. The van der Waals surface area contributed by atoms with E-state index in [9.17, 15) is 23.1 Å². The third-order valence-electron chi connectivity index (χ3n) is 4.52. The molecule has 0 saturated carbocycles. The summed E-state index contributed by atoms with van der Waals surface area (Å²) in [5, 5.41) is 13.7. The normalized spacial score (nSPS) is 24.1. The summed E-state index contributed by atoms with van der Waals surface area (Å²) in [5.74, 6) is -0.630. The molecule has 1 N–H and O–H groups in total. The van der Waals surface area contributed by atoms with Gasteiger partial charge in [0.2, 0.25) is 0 Å². The number of amides is 1. The van der Waals surface area contributed by atoms with Gasteiger partial charge in [0.15, 0.2) is 6.10 Å². The predicted octanol–water partition coefficient (Wildman–Crippen LogP) is 2.80. The molecule has 2 atom stereocenters. The Morgan fingerprint density at radius 2 is 2.04 bits per heavy atom. The van der Waals surface area contributed by atoms with Crippen LogP contribution in [0.4, 0.5) is 13.2 Å². The fourth-order valence-corrected chi connectivity index (χ4v) is 3.22. The van der Waals surface area contributed by atoms with Gasteiger partial charge in [0.1, 0.15) is 5.75 Å². The van der Waals surface area contributed by atoms with Crippen LogP contribution in [0.3, 0.4) is 0 Å². The minimum atomic E-state index is -5.02. The van der Waals surface area contributed by atoms with Gasteiger partial charge in [-0.15, -0.1) is 0 Å². The second kappa shape index (κ2) is 6.01. The van der Waals surface area contributed by atoms with Gasteiger partial charge >= 0.3 is 6.18 Å². The molecule has 0 saturated heterocycles. The number of hydrogen-bond acceptors (Lipinski definition) is 4. The number of carbonyl (C=O) groups is 1. The van der Waals surface area contributed by atoms with Crippen molar-refractivity contribution in [2.45, 2.75) is 57.5 Å². The Morgan fingerprint density at radius 1 is 1.36 bits per heavy atom. The molecule has 2 aliphatic rings. The molecule has 1 amide bonds. The lowest BCUT2D eigenvalue weighted by Gasteiger charge is -2.33. The van der Waals surface area contributed by atoms with Crippen molar-refractivity contribution >= 4 is 11.6 Å². The molecule has 8 heteroatoms. The molecule has 0 bridgehead atoms. The van der Waals surface area contributed by atoms with Crippen molar-refractivity contribution < 1.29 is 27.8 Å². The van der Waals surface area contributed by atoms with Crippen LogP contribution in [0.15, 0.2) is 23.3 Å². The van der Waals surface area contributed by atoms with Crippen molar-refractivity contribution in [2.75, 3.05) is 0 Å². The Bertz CT molecular complexity index is 732. The molecule has 0 fully saturated rings. The number of alkyl halides is 3. The zero-order valence-corrected chi connectivity index (χ0v) is 13.9. The van der Waals surface area contributed by atoms with E-state index in [4.69, 9.17) is 4.74 Å². The van der Waals surface area contributed by atoms with Crippen molar-refractivity contribution in [3.05, 3.63) is 29.3 Å². The van der Waals surface area contributed by atoms with Gasteiger partial charge in [0.05, 0.1) is 0 Å². The molecule has 1 aliphatic heterocycles. The van der Waals surface area contributed by atoms with Crippen molar-refractivity contribution in [1.82, 2.24) is 5.01 Å². The number of carbonyl (C=O) groups excluding carboxylic acids is 1. The Morgan fingerprint density at radius 3 is 2.72 bits per heavy atom. The molecule has 136 valence electrons. The van der Waals surface area contributed by atoms with Crippen LogP contribution in [0.2, 0.25) is 0 Å². The van der Waals surface area contributed by atoms with E-state index in [-0.39, 0.29) is 10.7 Å². The van der Waals surface area contributed by atoms with E-state index in [1.165, 1.54) is 19.4 Å². The maximum atomic E-state index is 13.2. The van der Waals surface area contributed by atoms with Crippen LogP contribution in [-0.2, 0) is 17.6 Å². The average molecular weight is 356 g/mol. The smallest absolute Gasteiger partial charge is 0.438 e. The maximum Gasteiger partial charge on any atom is 0.438 e. The number of aliphatic hydroxyl groups is 1. The molecule has 0 aromatic heterocycles. The summed E-state index contributed by atoms with van der Waals surface area (Å²) in [4.78, 5) is 12.4. The van der Waals surface area contributed by atoms with E-state index in [0.29, 0.717) is 5.75 Å². The van der Waals surface area contributed by atoms with Crippen LogP contribution in [0.5, 0.6) is 5.75 Å². The molecule has 5 nitrogen and oxygen atoms in total. The van der Waals surface area contributed by atoms with Gasteiger partial charge in [0, 0.05) is 12.1 Å². The first kappa shape index (κ1) is 17.7. The Hall–Kier alpha value is -2.09. The van der Waals surface area contributed by atoms with Crippen LogP contribution in [-0.4, -0.2) is 39.7 Å². The van der Waals surface area contributed by atoms with E-state index < -0.39 is 30.3 Å². The van der Waals surface area contributed by atoms with Gasteiger partial charge in [-0.1, -0.05) is 6.07 Å². The number of nitrogens with zero attached hydrogens (tertiary/aromatic N) is 2. The standard InChI is InChI=1S/C17H19F3N2O3/c1-10-9-16(24,17(18,19)20)22(21-10)15(23)11(2)25-14-7-6-12-4-3-5-13(12)8-14/h6-8,11,24H,3-5,9H2,1-2H3/t11-,16-/m0/s1. The lowest BCUT2D eigenvalue weighted by Crippen LogP contribution is -2.58. The quantitative estimate of drug-likeness (QED) is 0.906. The number of hydrazone groups is 1. The molecular formula is C17H19F3N2O3. The van der Waals surface area contributed by atoms with E-state index >= 15 is 0 Å². The van der Waals surface area contributed by atoms with Crippen molar-refractivity contribution in [1.29, 1.82) is 0 Å². The van der Waals surface area contributed by atoms with Crippen LogP contribution in [0.1, 0.15) is 37.8 Å². The summed E-state index contributed by atoms with van der Waals surface area (Å²) >= 11 is 0. The van der Waals surface area contributed by atoms with E-state index in [1.54, 1.807) is 12.1 Å².